The average Bonchev–Trinajstić information content (AvgIpc) is 2.88. The molecule has 0 saturated carbocycles. The summed E-state index contributed by atoms with van der Waals surface area (Å²) in [6.07, 6.45) is 1.87. The molecule has 104 valence electrons. The number of carbonyl (C=O) groups is 1. The summed E-state index contributed by atoms with van der Waals surface area (Å²) in [5, 5.41) is 0. The van der Waals surface area contributed by atoms with Crippen LogP contribution in [0.25, 0.3) is 0 Å². The van der Waals surface area contributed by atoms with Crippen LogP contribution in [0.15, 0.2) is 24.3 Å². The van der Waals surface area contributed by atoms with Gasteiger partial charge in [-0.25, -0.2) is 0 Å². The topological polar surface area (TPSA) is 38.8 Å². The Balaban J connectivity index is 2.00. The van der Waals surface area contributed by atoms with Crippen molar-refractivity contribution >= 4 is 6.29 Å². The molecule has 0 radical (unpaired) electrons. The molecule has 0 aromatic heterocycles. The van der Waals surface area contributed by atoms with Crippen LogP contribution in [0.1, 0.15) is 12.0 Å². The fraction of sp³-hybridized carbons (Fsp3) is 0.533. The smallest absolute Gasteiger partial charge is 0.129 e. The fourth-order valence-electron chi connectivity index (χ4n) is 2.60. The summed E-state index contributed by atoms with van der Waals surface area (Å²) < 4.78 is 10.7. The minimum Gasteiger partial charge on any atom is -0.496 e. The van der Waals surface area contributed by atoms with Gasteiger partial charge >= 0.3 is 0 Å². The lowest BCUT2D eigenvalue weighted by atomic mass is 9.88. The van der Waals surface area contributed by atoms with Gasteiger partial charge in [0.2, 0.25) is 0 Å². The Bertz CT molecular complexity index is 427. The van der Waals surface area contributed by atoms with Gasteiger partial charge in [-0.1, -0.05) is 18.2 Å². The monoisotopic (exact) mass is 263 g/mol. The van der Waals surface area contributed by atoms with E-state index in [2.05, 4.69) is 4.90 Å². The van der Waals surface area contributed by atoms with Crippen molar-refractivity contribution in [1.82, 2.24) is 4.90 Å². The number of benzene rings is 1. The second kappa shape index (κ2) is 6.17. The zero-order chi connectivity index (χ0) is 13.7. The van der Waals surface area contributed by atoms with Crippen LogP contribution in [0, 0.1) is 5.41 Å². The Morgan fingerprint density at radius 3 is 2.89 bits per heavy atom. The number of para-hydroxylation sites is 1. The molecular formula is C15H21NO3. The van der Waals surface area contributed by atoms with Gasteiger partial charge in [-0.2, -0.15) is 0 Å². The predicted molar refractivity (Wildman–Crippen MR) is 73.3 cm³/mol. The van der Waals surface area contributed by atoms with Crippen LogP contribution in [0.2, 0.25) is 0 Å². The number of methoxy groups -OCH3 is 1. The molecule has 19 heavy (non-hydrogen) atoms. The van der Waals surface area contributed by atoms with E-state index in [0.717, 1.165) is 30.6 Å². The molecule has 0 amide bonds. The third-order valence-corrected chi connectivity index (χ3v) is 3.60. The highest BCUT2D eigenvalue weighted by Crippen LogP contribution is 2.28. The maximum atomic E-state index is 11.3. The molecule has 4 nitrogen and oxygen atoms in total. The van der Waals surface area contributed by atoms with E-state index in [1.807, 2.05) is 31.3 Å². The predicted octanol–water partition coefficient (Wildman–Crippen LogP) is 1.73. The van der Waals surface area contributed by atoms with Gasteiger partial charge < -0.3 is 19.2 Å². The number of aldehydes is 1. The summed E-state index contributed by atoms with van der Waals surface area (Å²) in [6, 6.07) is 7.96. The Morgan fingerprint density at radius 2 is 2.26 bits per heavy atom. The molecule has 1 saturated heterocycles. The van der Waals surface area contributed by atoms with Crippen molar-refractivity contribution in [3.8, 4) is 5.75 Å². The summed E-state index contributed by atoms with van der Waals surface area (Å²) in [5.74, 6) is 0.886. The van der Waals surface area contributed by atoms with Crippen molar-refractivity contribution in [2.45, 2.75) is 13.0 Å². The normalized spacial score (nSPS) is 22.7. The number of rotatable bonds is 6. The fourth-order valence-corrected chi connectivity index (χ4v) is 2.60. The first-order valence-corrected chi connectivity index (χ1v) is 6.54. The van der Waals surface area contributed by atoms with E-state index in [1.54, 1.807) is 7.11 Å². The van der Waals surface area contributed by atoms with Crippen molar-refractivity contribution in [3.63, 3.8) is 0 Å². The maximum Gasteiger partial charge on any atom is 0.129 e. The van der Waals surface area contributed by atoms with Gasteiger partial charge in [-0.05, 0) is 19.5 Å². The molecule has 4 heteroatoms. The summed E-state index contributed by atoms with van der Waals surface area (Å²) in [6.45, 7) is 2.70. The molecule has 1 aromatic rings. The van der Waals surface area contributed by atoms with Crippen LogP contribution in [-0.2, 0) is 16.1 Å². The summed E-state index contributed by atoms with van der Waals surface area (Å²) >= 11 is 0. The van der Waals surface area contributed by atoms with E-state index < -0.39 is 0 Å². The number of nitrogens with zero attached hydrogens (tertiary/aromatic N) is 1. The summed E-state index contributed by atoms with van der Waals surface area (Å²) in [7, 11) is 3.70. The first-order chi connectivity index (χ1) is 9.19. The second-order valence-electron chi connectivity index (χ2n) is 5.27. The molecule has 0 bridgehead atoms. The van der Waals surface area contributed by atoms with E-state index in [-0.39, 0.29) is 5.41 Å². The van der Waals surface area contributed by atoms with Crippen LogP contribution in [0.4, 0.5) is 0 Å². The van der Waals surface area contributed by atoms with Crippen molar-refractivity contribution < 1.29 is 14.3 Å². The van der Waals surface area contributed by atoms with Crippen LogP contribution in [0.3, 0.4) is 0 Å². The average molecular weight is 263 g/mol. The zero-order valence-electron chi connectivity index (χ0n) is 11.6. The standard InChI is InChI=1S/C15H21NO3/c1-16(10-15(11-17)7-8-19-12-15)9-13-5-3-4-6-14(13)18-2/h3-6,11H,7-10,12H2,1-2H3. The molecule has 2 rings (SSSR count). The molecule has 1 unspecified atom stereocenters. The van der Waals surface area contributed by atoms with Crippen LogP contribution >= 0.6 is 0 Å². The molecule has 0 N–H and O–H groups in total. The third kappa shape index (κ3) is 3.33. The summed E-state index contributed by atoms with van der Waals surface area (Å²) in [4.78, 5) is 13.5. The van der Waals surface area contributed by atoms with Crippen LogP contribution in [0.5, 0.6) is 5.75 Å². The van der Waals surface area contributed by atoms with Gasteiger partial charge in [0.1, 0.15) is 12.0 Å². The molecule has 1 aromatic carbocycles. The SMILES string of the molecule is COc1ccccc1CN(C)CC1(C=O)CCOC1. The Kier molecular flexibility index (Phi) is 4.56. The maximum absolute atomic E-state index is 11.3. The zero-order valence-corrected chi connectivity index (χ0v) is 11.6. The number of ether oxygens (including phenoxy) is 2. The Labute approximate surface area is 114 Å². The largest absolute Gasteiger partial charge is 0.496 e. The first-order valence-electron chi connectivity index (χ1n) is 6.54. The molecular weight excluding hydrogens is 242 g/mol. The van der Waals surface area contributed by atoms with Crippen molar-refractivity contribution in [3.05, 3.63) is 29.8 Å². The van der Waals surface area contributed by atoms with Gasteiger partial charge in [0.15, 0.2) is 0 Å². The molecule has 1 fully saturated rings. The molecule has 1 aliphatic rings. The minimum absolute atomic E-state index is 0.337. The Hall–Kier alpha value is -1.39. The molecule has 0 spiro atoms. The van der Waals surface area contributed by atoms with E-state index in [0.29, 0.717) is 19.8 Å². The quantitative estimate of drug-likeness (QED) is 0.733. The number of hydrogen-bond acceptors (Lipinski definition) is 4. The first kappa shape index (κ1) is 14.0. The lowest BCUT2D eigenvalue weighted by Crippen LogP contribution is -2.37. The van der Waals surface area contributed by atoms with Crippen LogP contribution < -0.4 is 4.74 Å². The van der Waals surface area contributed by atoms with Gasteiger partial charge in [0, 0.05) is 25.3 Å². The van der Waals surface area contributed by atoms with Crippen molar-refractivity contribution in [1.29, 1.82) is 0 Å². The van der Waals surface area contributed by atoms with E-state index in [9.17, 15) is 4.79 Å². The molecule has 1 atom stereocenters. The van der Waals surface area contributed by atoms with E-state index >= 15 is 0 Å². The van der Waals surface area contributed by atoms with Crippen molar-refractivity contribution in [2.24, 2.45) is 5.41 Å². The molecule has 1 heterocycles. The van der Waals surface area contributed by atoms with Gasteiger partial charge in [0.05, 0.1) is 19.1 Å². The highest BCUT2D eigenvalue weighted by molar-refractivity contribution is 5.60. The molecule has 1 aliphatic heterocycles. The van der Waals surface area contributed by atoms with E-state index in [1.165, 1.54) is 0 Å². The van der Waals surface area contributed by atoms with Gasteiger partial charge in [-0.3, -0.25) is 0 Å². The van der Waals surface area contributed by atoms with Gasteiger partial charge in [-0.15, -0.1) is 0 Å². The lowest BCUT2D eigenvalue weighted by Gasteiger charge is -2.27. The highest BCUT2D eigenvalue weighted by Gasteiger charge is 2.35. The molecule has 0 aliphatic carbocycles. The summed E-state index contributed by atoms with van der Waals surface area (Å²) in [5.41, 5.74) is 0.795. The minimum atomic E-state index is -0.337. The second-order valence-corrected chi connectivity index (χ2v) is 5.27. The number of hydrogen-bond donors (Lipinski definition) is 0. The Morgan fingerprint density at radius 1 is 1.47 bits per heavy atom. The highest BCUT2D eigenvalue weighted by atomic mass is 16.5. The van der Waals surface area contributed by atoms with Crippen molar-refractivity contribution in [2.75, 3.05) is 33.9 Å². The third-order valence-electron chi connectivity index (χ3n) is 3.60. The lowest BCUT2D eigenvalue weighted by molar-refractivity contribution is -0.117. The van der Waals surface area contributed by atoms with Gasteiger partial charge in [0.25, 0.3) is 0 Å². The van der Waals surface area contributed by atoms with E-state index in [4.69, 9.17) is 9.47 Å². The van der Waals surface area contributed by atoms with Crippen LogP contribution in [-0.4, -0.2) is 45.1 Å². The number of carbonyl (C=O) groups excluding carboxylic acids is 1.